The van der Waals surface area contributed by atoms with Gasteiger partial charge in [-0.3, -0.25) is 0 Å². The summed E-state index contributed by atoms with van der Waals surface area (Å²) in [4.78, 5) is 6.97. The van der Waals surface area contributed by atoms with Gasteiger partial charge < -0.3 is 19.4 Å². The van der Waals surface area contributed by atoms with Crippen molar-refractivity contribution in [2.45, 2.75) is 19.3 Å². The maximum absolute atomic E-state index is 5.95. The van der Waals surface area contributed by atoms with Crippen LogP contribution in [0.15, 0.2) is 22.6 Å². The Kier molecular flexibility index (Phi) is 3.03. The van der Waals surface area contributed by atoms with Crippen LogP contribution >= 0.6 is 0 Å². The number of ether oxygens (including phenoxy) is 1. The fourth-order valence-electron chi connectivity index (χ4n) is 3.67. The monoisotopic (exact) mass is 287 g/mol. The van der Waals surface area contributed by atoms with E-state index in [9.17, 15) is 0 Å². The topological polar surface area (TPSA) is 50.5 Å². The van der Waals surface area contributed by atoms with Crippen molar-refractivity contribution in [3.63, 3.8) is 0 Å². The molecule has 2 aliphatic rings. The highest BCUT2D eigenvalue weighted by atomic mass is 16.5. The van der Waals surface area contributed by atoms with Gasteiger partial charge in [0.25, 0.3) is 6.01 Å². The smallest absolute Gasteiger partial charge is 0.298 e. The number of benzene rings is 1. The van der Waals surface area contributed by atoms with Crippen molar-refractivity contribution < 1.29 is 9.15 Å². The Balaban J connectivity index is 1.63. The molecule has 3 heterocycles. The summed E-state index contributed by atoms with van der Waals surface area (Å²) in [5, 5.41) is 3.50. The molecule has 1 N–H and O–H groups in total. The Hall–Kier alpha value is -1.75. The van der Waals surface area contributed by atoms with Crippen LogP contribution in [0.4, 0.5) is 6.01 Å². The lowest BCUT2D eigenvalue weighted by molar-refractivity contribution is 0.254. The summed E-state index contributed by atoms with van der Waals surface area (Å²) < 4.78 is 11.2. The van der Waals surface area contributed by atoms with E-state index < -0.39 is 0 Å². The van der Waals surface area contributed by atoms with Gasteiger partial charge in [-0.05, 0) is 37.9 Å². The molecule has 2 aromatic rings. The van der Waals surface area contributed by atoms with Gasteiger partial charge in [0, 0.05) is 31.1 Å². The molecule has 1 spiro atoms. The minimum Gasteiger partial charge on any atom is -0.497 e. The number of hydrogen-bond acceptors (Lipinski definition) is 5. The first-order valence-corrected chi connectivity index (χ1v) is 7.68. The Labute approximate surface area is 124 Å². The zero-order valence-electron chi connectivity index (χ0n) is 12.4. The van der Waals surface area contributed by atoms with Crippen LogP contribution in [0.2, 0.25) is 0 Å². The lowest BCUT2D eigenvalue weighted by Crippen LogP contribution is -2.44. The average Bonchev–Trinajstić information content (AvgIpc) is 3.13. The third-order valence-corrected chi connectivity index (χ3v) is 4.85. The molecule has 21 heavy (non-hydrogen) atoms. The van der Waals surface area contributed by atoms with Crippen molar-refractivity contribution in [1.82, 2.24) is 10.3 Å². The van der Waals surface area contributed by atoms with E-state index >= 15 is 0 Å². The molecule has 1 aromatic carbocycles. The van der Waals surface area contributed by atoms with Crippen molar-refractivity contribution in [3.8, 4) is 5.75 Å². The average molecular weight is 287 g/mol. The maximum atomic E-state index is 5.95. The largest absolute Gasteiger partial charge is 0.497 e. The molecular formula is C16H21N3O2. The number of oxazole rings is 1. The molecule has 0 bridgehead atoms. The van der Waals surface area contributed by atoms with Gasteiger partial charge in [-0.15, -0.1) is 0 Å². The summed E-state index contributed by atoms with van der Waals surface area (Å²) in [6.45, 7) is 4.34. The van der Waals surface area contributed by atoms with Crippen LogP contribution in [0.25, 0.3) is 11.1 Å². The Morgan fingerprint density at radius 1 is 1.38 bits per heavy atom. The molecule has 0 amide bonds. The fourth-order valence-corrected chi connectivity index (χ4v) is 3.67. The van der Waals surface area contributed by atoms with E-state index in [1.165, 1.54) is 19.3 Å². The van der Waals surface area contributed by atoms with Crippen LogP contribution < -0.4 is 15.0 Å². The summed E-state index contributed by atoms with van der Waals surface area (Å²) in [7, 11) is 1.67. The predicted octanol–water partition coefficient (Wildman–Crippen LogP) is 2.42. The van der Waals surface area contributed by atoms with Crippen molar-refractivity contribution in [1.29, 1.82) is 0 Å². The summed E-state index contributed by atoms with van der Waals surface area (Å²) in [6, 6.07) is 6.53. The van der Waals surface area contributed by atoms with E-state index in [4.69, 9.17) is 9.15 Å². The molecule has 5 nitrogen and oxygen atoms in total. The highest BCUT2D eigenvalue weighted by molar-refractivity contribution is 5.76. The van der Waals surface area contributed by atoms with Crippen LogP contribution in [0.3, 0.4) is 0 Å². The van der Waals surface area contributed by atoms with E-state index in [1.807, 2.05) is 18.2 Å². The summed E-state index contributed by atoms with van der Waals surface area (Å²) in [5.41, 5.74) is 2.11. The zero-order chi connectivity index (χ0) is 14.3. The third-order valence-electron chi connectivity index (χ3n) is 4.85. The van der Waals surface area contributed by atoms with Crippen molar-refractivity contribution in [2.75, 3.05) is 38.2 Å². The van der Waals surface area contributed by atoms with Gasteiger partial charge in [-0.2, -0.15) is 4.98 Å². The lowest BCUT2D eigenvalue weighted by Gasteiger charge is -2.39. The molecule has 1 unspecified atom stereocenters. The first-order valence-electron chi connectivity index (χ1n) is 7.68. The number of piperidine rings is 1. The molecule has 2 saturated heterocycles. The van der Waals surface area contributed by atoms with E-state index in [2.05, 4.69) is 15.2 Å². The summed E-state index contributed by atoms with van der Waals surface area (Å²) in [5.74, 6) is 0.817. The van der Waals surface area contributed by atoms with Gasteiger partial charge in [-0.25, -0.2) is 0 Å². The number of nitrogens with zero attached hydrogens (tertiary/aromatic N) is 2. The molecule has 5 heteroatoms. The van der Waals surface area contributed by atoms with Gasteiger partial charge in [-0.1, -0.05) is 0 Å². The molecule has 0 radical (unpaired) electrons. The second-order valence-corrected chi connectivity index (χ2v) is 6.28. The molecule has 112 valence electrons. The molecule has 2 aliphatic heterocycles. The van der Waals surface area contributed by atoms with Gasteiger partial charge in [0.2, 0.25) is 0 Å². The lowest BCUT2D eigenvalue weighted by atomic mass is 9.79. The van der Waals surface area contributed by atoms with Crippen LogP contribution in [-0.4, -0.2) is 38.3 Å². The Morgan fingerprint density at radius 3 is 3.14 bits per heavy atom. The van der Waals surface area contributed by atoms with Crippen molar-refractivity contribution >= 4 is 17.1 Å². The first kappa shape index (κ1) is 13.0. The second-order valence-electron chi connectivity index (χ2n) is 6.28. The molecule has 0 aliphatic carbocycles. The number of methoxy groups -OCH3 is 1. The highest BCUT2D eigenvalue weighted by Gasteiger charge is 2.39. The molecular weight excluding hydrogens is 266 g/mol. The maximum Gasteiger partial charge on any atom is 0.298 e. The fraction of sp³-hybridized carbons (Fsp3) is 0.562. The minimum atomic E-state index is 0.413. The summed E-state index contributed by atoms with van der Waals surface area (Å²) >= 11 is 0. The zero-order valence-corrected chi connectivity index (χ0v) is 12.4. The standard InChI is InChI=1S/C16H21N3O2/c1-20-12-3-4-14-13(9-12)18-15(21-14)19-8-2-5-16(11-19)6-7-17-10-16/h3-4,9,17H,2,5-8,10-11H2,1H3. The quantitative estimate of drug-likeness (QED) is 0.919. The molecule has 1 atom stereocenters. The van der Waals surface area contributed by atoms with E-state index in [-0.39, 0.29) is 0 Å². The Morgan fingerprint density at radius 2 is 2.33 bits per heavy atom. The van der Waals surface area contributed by atoms with Crippen molar-refractivity contribution in [2.24, 2.45) is 5.41 Å². The van der Waals surface area contributed by atoms with E-state index in [0.717, 1.165) is 49.0 Å². The SMILES string of the molecule is COc1ccc2oc(N3CCCC4(CCNC4)C3)nc2c1. The second kappa shape index (κ2) is 4.91. The highest BCUT2D eigenvalue weighted by Crippen LogP contribution is 2.37. The summed E-state index contributed by atoms with van der Waals surface area (Å²) in [6.07, 6.45) is 3.78. The van der Waals surface area contributed by atoms with Crippen LogP contribution in [0, 0.1) is 5.41 Å². The van der Waals surface area contributed by atoms with Gasteiger partial charge >= 0.3 is 0 Å². The van der Waals surface area contributed by atoms with Crippen LogP contribution in [0.5, 0.6) is 5.75 Å². The number of rotatable bonds is 2. The first-order chi connectivity index (χ1) is 10.3. The number of nitrogens with one attached hydrogen (secondary N) is 1. The Bertz CT molecular complexity index is 646. The van der Waals surface area contributed by atoms with Crippen molar-refractivity contribution in [3.05, 3.63) is 18.2 Å². The number of hydrogen-bond donors (Lipinski definition) is 1. The van der Waals surface area contributed by atoms with E-state index in [1.54, 1.807) is 7.11 Å². The van der Waals surface area contributed by atoms with Crippen LogP contribution in [0.1, 0.15) is 19.3 Å². The van der Waals surface area contributed by atoms with Gasteiger partial charge in [0.05, 0.1) is 7.11 Å². The number of anilines is 1. The van der Waals surface area contributed by atoms with Gasteiger partial charge in [0.1, 0.15) is 11.3 Å². The molecule has 2 fully saturated rings. The molecule has 1 aromatic heterocycles. The number of aromatic nitrogens is 1. The van der Waals surface area contributed by atoms with Gasteiger partial charge in [0.15, 0.2) is 5.58 Å². The van der Waals surface area contributed by atoms with E-state index in [0.29, 0.717) is 5.41 Å². The molecule has 4 rings (SSSR count). The third kappa shape index (κ3) is 2.25. The normalized spacial score (nSPS) is 25.9. The van der Waals surface area contributed by atoms with Crippen LogP contribution in [-0.2, 0) is 0 Å². The predicted molar refractivity (Wildman–Crippen MR) is 81.9 cm³/mol. The molecule has 0 saturated carbocycles. The number of fused-ring (bicyclic) bond motifs is 1. The minimum absolute atomic E-state index is 0.413.